The number of piperazine rings is 1. The van der Waals surface area contributed by atoms with Gasteiger partial charge in [0.15, 0.2) is 0 Å². The lowest BCUT2D eigenvalue weighted by Crippen LogP contribution is -2.46. The predicted molar refractivity (Wildman–Crippen MR) is 61.2 cm³/mol. The van der Waals surface area contributed by atoms with E-state index >= 15 is 0 Å². The van der Waals surface area contributed by atoms with Gasteiger partial charge in [0.1, 0.15) is 0 Å². The van der Waals surface area contributed by atoms with Crippen molar-refractivity contribution in [1.29, 1.82) is 0 Å². The molecule has 1 atom stereocenters. The molecule has 0 aliphatic carbocycles. The summed E-state index contributed by atoms with van der Waals surface area (Å²) in [6, 6.07) is 0. The number of carbonyl (C=O) groups is 1. The first-order valence-electron chi connectivity index (χ1n) is 6.15. The monoisotopic (exact) mass is 227 g/mol. The van der Waals surface area contributed by atoms with Crippen molar-refractivity contribution < 1.29 is 9.53 Å². The molecule has 0 aromatic heterocycles. The first kappa shape index (κ1) is 11.8. The summed E-state index contributed by atoms with van der Waals surface area (Å²) in [6.07, 6.45) is 0.874. The van der Waals surface area contributed by atoms with E-state index in [4.69, 9.17) is 4.74 Å². The van der Waals surface area contributed by atoms with Crippen molar-refractivity contribution in [3.63, 3.8) is 0 Å². The average molecular weight is 227 g/mol. The van der Waals surface area contributed by atoms with Crippen LogP contribution in [0.15, 0.2) is 0 Å². The lowest BCUT2D eigenvalue weighted by atomic mass is 10.1. The molecule has 2 fully saturated rings. The summed E-state index contributed by atoms with van der Waals surface area (Å²) in [5, 5.41) is 6.30. The number of ether oxygens (including phenoxy) is 1. The Morgan fingerprint density at radius 1 is 1.44 bits per heavy atom. The van der Waals surface area contributed by atoms with Gasteiger partial charge in [-0.05, 0) is 6.42 Å². The Kier molecular flexibility index (Phi) is 4.56. The molecule has 0 saturated carbocycles. The van der Waals surface area contributed by atoms with Crippen molar-refractivity contribution in [2.75, 3.05) is 52.5 Å². The van der Waals surface area contributed by atoms with E-state index in [0.717, 1.165) is 52.3 Å². The second kappa shape index (κ2) is 6.18. The van der Waals surface area contributed by atoms with E-state index in [1.807, 2.05) is 0 Å². The van der Waals surface area contributed by atoms with Crippen molar-refractivity contribution >= 4 is 5.91 Å². The molecule has 0 spiro atoms. The Labute approximate surface area is 96.5 Å². The van der Waals surface area contributed by atoms with Crippen molar-refractivity contribution in [3.05, 3.63) is 0 Å². The van der Waals surface area contributed by atoms with Crippen LogP contribution in [0.3, 0.4) is 0 Å². The van der Waals surface area contributed by atoms with Gasteiger partial charge in [-0.3, -0.25) is 9.69 Å². The first-order valence-corrected chi connectivity index (χ1v) is 6.15. The highest BCUT2D eigenvalue weighted by Crippen LogP contribution is 2.11. The summed E-state index contributed by atoms with van der Waals surface area (Å²) in [4.78, 5) is 14.0. The molecule has 0 aromatic rings. The van der Waals surface area contributed by atoms with E-state index in [9.17, 15) is 4.79 Å². The van der Waals surface area contributed by atoms with Gasteiger partial charge in [0, 0.05) is 45.9 Å². The zero-order chi connectivity index (χ0) is 11.2. The highest BCUT2D eigenvalue weighted by molar-refractivity contribution is 5.78. The number of rotatable bonds is 4. The third-order valence-corrected chi connectivity index (χ3v) is 3.24. The number of carbonyl (C=O) groups excluding carboxylic acids is 1. The standard InChI is InChI=1S/C11H21N3O2/c15-11(10-1-8-16-9-10)13-4-7-14-5-2-12-3-6-14/h10,12H,1-9H2,(H,13,15). The van der Waals surface area contributed by atoms with E-state index in [0.29, 0.717) is 6.61 Å². The van der Waals surface area contributed by atoms with Crippen LogP contribution < -0.4 is 10.6 Å². The van der Waals surface area contributed by atoms with E-state index in [1.165, 1.54) is 0 Å². The van der Waals surface area contributed by atoms with Gasteiger partial charge >= 0.3 is 0 Å². The minimum absolute atomic E-state index is 0.0861. The quantitative estimate of drug-likeness (QED) is 0.650. The van der Waals surface area contributed by atoms with Gasteiger partial charge in [0.25, 0.3) is 0 Å². The van der Waals surface area contributed by atoms with Crippen molar-refractivity contribution in [3.8, 4) is 0 Å². The summed E-state index contributed by atoms with van der Waals surface area (Å²) in [5.41, 5.74) is 0. The third-order valence-electron chi connectivity index (χ3n) is 3.24. The molecule has 1 amide bonds. The van der Waals surface area contributed by atoms with Gasteiger partial charge in [-0.2, -0.15) is 0 Å². The summed E-state index contributed by atoms with van der Waals surface area (Å²) in [7, 11) is 0. The molecule has 2 saturated heterocycles. The zero-order valence-corrected chi connectivity index (χ0v) is 9.71. The van der Waals surface area contributed by atoms with Crippen molar-refractivity contribution in [1.82, 2.24) is 15.5 Å². The second-order valence-electron chi connectivity index (χ2n) is 4.44. The molecular weight excluding hydrogens is 206 g/mol. The Bertz CT molecular complexity index is 223. The molecule has 2 N–H and O–H groups in total. The van der Waals surface area contributed by atoms with Crippen LogP contribution in [0.4, 0.5) is 0 Å². The van der Waals surface area contributed by atoms with Crippen LogP contribution in [-0.4, -0.2) is 63.3 Å². The van der Waals surface area contributed by atoms with Crippen LogP contribution in [0.1, 0.15) is 6.42 Å². The van der Waals surface area contributed by atoms with Crippen LogP contribution in [0.5, 0.6) is 0 Å². The summed E-state index contributed by atoms with van der Waals surface area (Å²) >= 11 is 0. The van der Waals surface area contributed by atoms with Gasteiger partial charge in [0.2, 0.25) is 5.91 Å². The zero-order valence-electron chi connectivity index (χ0n) is 9.71. The van der Waals surface area contributed by atoms with Crippen molar-refractivity contribution in [2.45, 2.75) is 6.42 Å². The van der Waals surface area contributed by atoms with Gasteiger partial charge in [-0.1, -0.05) is 0 Å². The molecule has 0 radical (unpaired) electrons. The molecule has 2 rings (SSSR count). The topological polar surface area (TPSA) is 53.6 Å². The fourth-order valence-corrected chi connectivity index (χ4v) is 2.16. The number of hydrogen-bond donors (Lipinski definition) is 2. The number of amides is 1. The average Bonchev–Trinajstić information content (AvgIpc) is 2.84. The molecule has 92 valence electrons. The van der Waals surface area contributed by atoms with E-state index < -0.39 is 0 Å². The van der Waals surface area contributed by atoms with E-state index in [2.05, 4.69) is 15.5 Å². The largest absolute Gasteiger partial charge is 0.381 e. The molecule has 0 aromatic carbocycles. The Balaban J connectivity index is 1.57. The minimum Gasteiger partial charge on any atom is -0.381 e. The van der Waals surface area contributed by atoms with Gasteiger partial charge < -0.3 is 15.4 Å². The molecule has 1 unspecified atom stereocenters. The first-order chi connectivity index (χ1) is 7.86. The van der Waals surface area contributed by atoms with Crippen LogP contribution in [0.25, 0.3) is 0 Å². The highest BCUT2D eigenvalue weighted by Gasteiger charge is 2.23. The smallest absolute Gasteiger partial charge is 0.225 e. The lowest BCUT2D eigenvalue weighted by Gasteiger charge is -2.27. The molecule has 0 bridgehead atoms. The molecular formula is C11H21N3O2. The maximum Gasteiger partial charge on any atom is 0.225 e. The van der Waals surface area contributed by atoms with Crippen LogP contribution in [0, 0.1) is 5.92 Å². The van der Waals surface area contributed by atoms with Gasteiger partial charge in [-0.15, -0.1) is 0 Å². The number of nitrogens with one attached hydrogen (secondary N) is 2. The van der Waals surface area contributed by atoms with Gasteiger partial charge in [-0.25, -0.2) is 0 Å². The normalized spacial score (nSPS) is 26.9. The fraction of sp³-hybridized carbons (Fsp3) is 0.909. The van der Waals surface area contributed by atoms with Crippen molar-refractivity contribution in [2.24, 2.45) is 5.92 Å². The van der Waals surface area contributed by atoms with E-state index in [-0.39, 0.29) is 11.8 Å². The summed E-state index contributed by atoms with van der Waals surface area (Å²) in [5.74, 6) is 0.246. The second-order valence-corrected chi connectivity index (χ2v) is 4.44. The molecule has 2 heterocycles. The maximum atomic E-state index is 11.7. The van der Waals surface area contributed by atoms with E-state index in [1.54, 1.807) is 0 Å². The SMILES string of the molecule is O=C(NCCN1CCNCC1)C1CCOC1. The lowest BCUT2D eigenvalue weighted by molar-refractivity contribution is -0.125. The van der Waals surface area contributed by atoms with Gasteiger partial charge in [0.05, 0.1) is 12.5 Å². The molecule has 16 heavy (non-hydrogen) atoms. The third kappa shape index (κ3) is 3.43. The highest BCUT2D eigenvalue weighted by atomic mass is 16.5. The van der Waals surface area contributed by atoms with Crippen LogP contribution in [0.2, 0.25) is 0 Å². The summed E-state index contributed by atoms with van der Waals surface area (Å²) in [6.45, 7) is 7.34. The fourth-order valence-electron chi connectivity index (χ4n) is 2.16. The predicted octanol–water partition coefficient (Wildman–Crippen LogP) is -0.956. The molecule has 5 heteroatoms. The minimum atomic E-state index is 0.0861. The number of hydrogen-bond acceptors (Lipinski definition) is 4. The maximum absolute atomic E-state index is 11.7. The summed E-state index contributed by atoms with van der Waals surface area (Å²) < 4.78 is 5.20. The Hall–Kier alpha value is -0.650. The van der Waals surface area contributed by atoms with Crippen LogP contribution in [-0.2, 0) is 9.53 Å². The Morgan fingerprint density at radius 2 is 2.25 bits per heavy atom. The molecule has 2 aliphatic heterocycles. The van der Waals surface area contributed by atoms with Crippen LogP contribution >= 0.6 is 0 Å². The molecule has 2 aliphatic rings. The number of nitrogens with zero attached hydrogens (tertiary/aromatic N) is 1. The Morgan fingerprint density at radius 3 is 2.94 bits per heavy atom. The molecule has 5 nitrogen and oxygen atoms in total.